The fourth-order valence-corrected chi connectivity index (χ4v) is 16.8. The lowest BCUT2D eigenvalue weighted by Gasteiger charge is -2.31. The molecule has 5 amide bonds. The minimum Gasteiger partial charge on any atom is -0.433 e. The molecule has 6 aromatic heterocycles. The topological polar surface area (TPSA) is 326 Å². The summed E-state index contributed by atoms with van der Waals surface area (Å²) in [4.78, 5) is 93.1. The summed E-state index contributed by atoms with van der Waals surface area (Å²) in [5.41, 5.74) is 32.4. The van der Waals surface area contributed by atoms with Crippen LogP contribution in [-0.4, -0.2) is 105 Å². The van der Waals surface area contributed by atoms with Crippen LogP contribution < -0.4 is 58.4 Å². The number of nitrogens with zero attached hydrogens (tertiary/aromatic N) is 8. The second kappa shape index (κ2) is 51.2. The molecule has 0 radical (unpaired) electrons. The van der Waals surface area contributed by atoms with Crippen molar-refractivity contribution in [2.75, 3.05) is 91.6 Å². The van der Waals surface area contributed by atoms with Gasteiger partial charge >= 0.3 is 7.05 Å². The van der Waals surface area contributed by atoms with Crippen LogP contribution in [0.1, 0.15) is 101 Å². The van der Waals surface area contributed by atoms with Gasteiger partial charge in [0.05, 0.1) is 104 Å². The van der Waals surface area contributed by atoms with E-state index in [4.69, 9.17) is 11.5 Å². The molecule has 24 heteroatoms. The SMILES string of the molecule is CB(O)Nc1ccc(C(=O)Nc2cnc3ccccc3c2)cc1.CN(CCc1ccccc1)c1ccc(C(=O)Nc2cnc3ccccc3c2)cc1.Nc1ccc(C(=O)Nc2cnc3ccccc3c2)cc1.Nc1cnc2ccccc2c1.O=C(Nc1cnc2ccccc2c1)c1ccc(N(CCc2ccccc2)CC2CCCCC2)cc1.O=C(Nc1cnc2ccccc2c1)c1ccc(NCCc2ccccc2)cc1. The number of anilines is 11. The number of para-hydroxylation sites is 6. The predicted molar refractivity (Wildman–Crippen MR) is 600 cm³/mol. The number of pyridine rings is 6. The Morgan fingerprint density at radius 1 is 0.308 bits per heavy atom. The highest BCUT2D eigenvalue weighted by Gasteiger charge is 2.21. The number of fused-ring (bicyclic) bond motifs is 6. The zero-order valence-electron chi connectivity index (χ0n) is 81.4. The molecule has 0 bridgehead atoms. The normalized spacial score (nSPS) is 11.3. The van der Waals surface area contributed by atoms with E-state index in [9.17, 15) is 29.0 Å². The number of amides is 5. The van der Waals surface area contributed by atoms with Crippen LogP contribution in [0.5, 0.6) is 0 Å². The Hall–Kier alpha value is -18.3. The Morgan fingerprint density at radius 2 is 0.596 bits per heavy atom. The fourth-order valence-electron chi connectivity index (χ4n) is 16.8. The molecule has 14 aromatic carbocycles. The van der Waals surface area contributed by atoms with Gasteiger partial charge in [-0.05, 0) is 256 Å². The van der Waals surface area contributed by atoms with Crippen molar-refractivity contribution in [1.82, 2.24) is 29.9 Å². The van der Waals surface area contributed by atoms with Crippen molar-refractivity contribution in [2.24, 2.45) is 5.92 Å². The smallest absolute Gasteiger partial charge is 0.406 e. The highest BCUT2D eigenvalue weighted by molar-refractivity contribution is 6.52. The molecule has 23 nitrogen and oxygen atoms in total. The molecule has 6 heterocycles. The lowest BCUT2D eigenvalue weighted by atomic mass is 9.88. The zero-order valence-corrected chi connectivity index (χ0v) is 81.4. The van der Waals surface area contributed by atoms with Crippen molar-refractivity contribution in [3.05, 3.63) is 476 Å². The number of carbonyl (C=O) groups is 5. The van der Waals surface area contributed by atoms with Crippen LogP contribution in [0.25, 0.3) is 65.4 Å². The molecule has 0 aliphatic heterocycles. The van der Waals surface area contributed by atoms with Crippen LogP contribution in [0, 0.1) is 5.92 Å². The molecule has 12 N–H and O–H groups in total. The third kappa shape index (κ3) is 29.9. The van der Waals surface area contributed by atoms with E-state index >= 15 is 0 Å². The van der Waals surface area contributed by atoms with Gasteiger partial charge < -0.3 is 63.4 Å². The Labute approximate surface area is 849 Å². The number of carbonyl (C=O) groups excluding carboxylic acids is 5. The van der Waals surface area contributed by atoms with Gasteiger partial charge in [0.15, 0.2) is 0 Å². The highest BCUT2D eigenvalue weighted by Crippen LogP contribution is 2.31. The van der Waals surface area contributed by atoms with Gasteiger partial charge in [0.1, 0.15) is 0 Å². The highest BCUT2D eigenvalue weighted by atomic mass is 16.2. The van der Waals surface area contributed by atoms with Gasteiger partial charge in [0, 0.05) is 122 Å². The zero-order chi connectivity index (χ0) is 101. The summed E-state index contributed by atoms with van der Waals surface area (Å²) in [7, 11) is 1.43. The van der Waals surface area contributed by atoms with E-state index in [2.05, 4.69) is 163 Å². The molecule has 1 saturated carbocycles. The van der Waals surface area contributed by atoms with Crippen molar-refractivity contribution < 1.29 is 29.0 Å². The van der Waals surface area contributed by atoms with Crippen molar-refractivity contribution in [2.45, 2.75) is 58.2 Å². The van der Waals surface area contributed by atoms with Crippen molar-refractivity contribution in [3.8, 4) is 0 Å². The number of benzene rings is 14. The maximum atomic E-state index is 12.9. The Kier molecular flexibility index (Phi) is 35.3. The molecule has 1 aliphatic carbocycles. The standard InChI is InChI=1S/C31H33N3O.C25H23N3O.C24H21N3O.C17H16BN3O2.C16H13N3O.C9H8N2/c35-31(33-28-21-27-13-7-8-14-30(27)32-22-28)26-15-17-29(18-16-26)34(23-25-11-5-2-6-12-25)20-19-24-9-3-1-4-10-24;1-28(16-15-19-7-3-2-4-8-19)23-13-11-20(12-14-23)25(29)27-22-17-21-9-5-6-10-24(21)26-18-22;28-24(27-22-16-20-8-4-5-9-23(20)26-17-22)19-10-12-21(13-11-19)25-15-14-18-6-2-1-3-7-18;1-18(23)21-14-8-6-12(7-9-14)17(22)20-15-10-13-4-2-3-5-16(13)19-11-15;17-13-7-5-11(6-8-13)16(20)19-14-9-12-3-1-2-4-15(12)18-10-14;10-8-5-7-3-1-2-4-9(7)11-6-8/h1,3-4,7-10,13-18,21-22,25H,2,5-6,11-12,19-20,23H2,(H,33,35);2-14,17-18H,15-16H2,1H3,(H,27,29);1-13,16-17,25H,14-15H2,(H,27,28);2-11,21,23H,1H3,(H,20,22);1-10H,17H2,(H,19,20);1-6H,10H2. The Balaban J connectivity index is 0.000000128. The molecule has 0 atom stereocenters. The first-order chi connectivity index (χ1) is 71.4. The summed E-state index contributed by atoms with van der Waals surface area (Å²) in [5, 5.41) is 36.1. The van der Waals surface area contributed by atoms with Crippen LogP contribution in [-0.2, 0) is 19.3 Å². The number of nitrogen functional groups attached to an aromatic ring is 2. The molecule has 0 unspecified atom stereocenters. The molecule has 0 spiro atoms. The molecule has 20 aromatic rings. The van der Waals surface area contributed by atoms with Gasteiger partial charge in [-0.2, -0.15) is 0 Å². The van der Waals surface area contributed by atoms with Gasteiger partial charge in [0.2, 0.25) is 0 Å². The van der Waals surface area contributed by atoms with Gasteiger partial charge in [-0.1, -0.05) is 219 Å². The van der Waals surface area contributed by atoms with Crippen molar-refractivity contribution in [3.63, 3.8) is 0 Å². The van der Waals surface area contributed by atoms with Crippen LogP contribution in [0.2, 0.25) is 6.82 Å². The first kappa shape index (κ1) is 101. The molecule has 146 heavy (non-hydrogen) atoms. The minimum absolute atomic E-state index is 0.114. The lowest BCUT2D eigenvalue weighted by molar-refractivity contribution is 0.101. The maximum absolute atomic E-state index is 12.9. The number of nitrogens with two attached hydrogens (primary N) is 2. The van der Waals surface area contributed by atoms with E-state index in [-0.39, 0.29) is 29.5 Å². The van der Waals surface area contributed by atoms with Crippen LogP contribution in [0.3, 0.4) is 0 Å². The third-order valence-electron chi connectivity index (χ3n) is 24.6. The number of rotatable bonds is 26. The number of nitrogens with one attached hydrogen (secondary N) is 7. The second-order valence-corrected chi connectivity index (χ2v) is 35.5. The molecule has 21 rings (SSSR count). The molecule has 726 valence electrons. The van der Waals surface area contributed by atoms with E-state index in [1.54, 1.807) is 92.5 Å². The average Bonchev–Trinajstić information content (AvgIpc) is 0.849. The van der Waals surface area contributed by atoms with Crippen LogP contribution >= 0.6 is 0 Å². The Morgan fingerprint density at radius 3 is 0.945 bits per heavy atom. The molecular weight excluding hydrogens is 1810 g/mol. The number of likely N-dealkylation sites (N-methyl/N-ethyl adjacent to an activating group) is 1. The number of aromatic nitrogens is 6. The first-order valence-corrected chi connectivity index (χ1v) is 48.8. The maximum Gasteiger partial charge on any atom is 0.406 e. The summed E-state index contributed by atoms with van der Waals surface area (Å²) in [6, 6.07) is 127. The van der Waals surface area contributed by atoms with Gasteiger partial charge in [-0.3, -0.25) is 53.9 Å². The minimum atomic E-state index is -0.640. The van der Waals surface area contributed by atoms with Crippen LogP contribution in [0.15, 0.2) is 431 Å². The fraction of sp³-hybridized carbons (Fsp3) is 0.123. The third-order valence-corrected chi connectivity index (χ3v) is 24.6. The first-order valence-electron chi connectivity index (χ1n) is 48.8. The summed E-state index contributed by atoms with van der Waals surface area (Å²) in [6.45, 7) is 5.46. The monoisotopic (exact) mass is 1920 g/mol. The molecule has 1 fully saturated rings. The molecule has 1 aliphatic rings. The quantitative estimate of drug-likeness (QED) is 0.0178. The van der Waals surface area contributed by atoms with Crippen molar-refractivity contribution >= 4 is 165 Å². The summed E-state index contributed by atoms with van der Waals surface area (Å²) >= 11 is 0. The summed E-state index contributed by atoms with van der Waals surface area (Å²) in [5.74, 6) is -0.0269. The van der Waals surface area contributed by atoms with Crippen molar-refractivity contribution in [1.29, 1.82) is 0 Å². The van der Waals surface area contributed by atoms with E-state index in [1.807, 2.05) is 267 Å². The number of hydrogen-bond acceptors (Lipinski definition) is 18. The summed E-state index contributed by atoms with van der Waals surface area (Å²) < 4.78 is 0. The summed E-state index contributed by atoms with van der Waals surface area (Å²) in [6.07, 6.45) is 19.7. The molecule has 0 saturated heterocycles. The second-order valence-electron chi connectivity index (χ2n) is 35.5. The van der Waals surface area contributed by atoms with Gasteiger partial charge in [-0.25, -0.2) is 0 Å². The van der Waals surface area contributed by atoms with Gasteiger partial charge in [-0.15, -0.1) is 0 Å². The van der Waals surface area contributed by atoms with E-state index < -0.39 is 7.05 Å². The lowest BCUT2D eigenvalue weighted by Crippen LogP contribution is -2.32. The predicted octanol–water partition coefficient (Wildman–Crippen LogP) is 25.3. The average molecular weight is 1930 g/mol. The Bertz CT molecular complexity index is 7730. The largest absolute Gasteiger partial charge is 0.433 e. The van der Waals surface area contributed by atoms with E-state index in [1.165, 1.54) is 54.5 Å². The molecular formula is C122H114BN17O6. The van der Waals surface area contributed by atoms with E-state index in [0.29, 0.717) is 67.6 Å². The van der Waals surface area contributed by atoms with E-state index in [0.717, 1.165) is 134 Å². The number of hydrogen-bond donors (Lipinski definition) is 10. The van der Waals surface area contributed by atoms with Gasteiger partial charge in [0.25, 0.3) is 29.5 Å². The van der Waals surface area contributed by atoms with Crippen LogP contribution in [0.4, 0.5) is 62.6 Å².